The average molecular weight is 873 g/mol. The van der Waals surface area contributed by atoms with Crippen LogP contribution in [0.25, 0.3) is 0 Å². The highest BCUT2D eigenvalue weighted by Crippen LogP contribution is 2.36. The molecule has 0 radical (unpaired) electrons. The molecule has 0 bridgehead atoms. The van der Waals surface area contributed by atoms with E-state index in [2.05, 4.69) is 0 Å². The van der Waals surface area contributed by atoms with E-state index < -0.39 is 75.7 Å². The number of hydrogen-bond acceptors (Lipinski definition) is 9. The molecule has 0 saturated heterocycles. The lowest BCUT2D eigenvalue weighted by Crippen LogP contribution is -2.39. The van der Waals surface area contributed by atoms with Gasteiger partial charge >= 0.3 is 0 Å². The Bertz CT molecular complexity index is 2820. The van der Waals surface area contributed by atoms with Crippen LogP contribution in [0.1, 0.15) is 81.1 Å². The first kappa shape index (κ1) is 42.4. The van der Waals surface area contributed by atoms with Crippen LogP contribution in [0.4, 0.5) is 8.78 Å². The SMILES string of the molecule is CS(=O)(=O)c1cccc([C@H](c2ccc(F)cc2)[C@@H](O)CN2C(=O)c3ccc(CSc4cccc([C@H](c5ccc(F)cc5)[C@@H](O)CN5C(=O)c6ccccc6C5=O)c4)cc3C2=O)c1. The summed E-state index contributed by atoms with van der Waals surface area (Å²) in [7, 11) is -3.62. The Morgan fingerprint density at radius 3 is 1.52 bits per heavy atom. The summed E-state index contributed by atoms with van der Waals surface area (Å²) >= 11 is 1.42. The summed E-state index contributed by atoms with van der Waals surface area (Å²) in [5.74, 6) is -4.53. The van der Waals surface area contributed by atoms with Crippen molar-refractivity contribution in [3.05, 3.63) is 201 Å². The first-order valence-corrected chi connectivity index (χ1v) is 22.4. The first-order chi connectivity index (χ1) is 29.7. The molecule has 0 saturated carbocycles. The Labute approximate surface area is 360 Å². The number of β-amino-alcohol motifs (C(OH)–C–C–N with tert-alkyl or cyclic N) is 2. The number of sulfone groups is 1. The molecule has 14 heteroatoms. The summed E-state index contributed by atoms with van der Waals surface area (Å²) in [6.07, 6.45) is -1.60. The van der Waals surface area contributed by atoms with Gasteiger partial charge in [0.05, 0.1) is 52.4 Å². The maximum absolute atomic E-state index is 14.0. The highest BCUT2D eigenvalue weighted by molar-refractivity contribution is 7.98. The zero-order valence-corrected chi connectivity index (χ0v) is 34.7. The number of rotatable bonds is 14. The Morgan fingerprint density at radius 1 is 0.532 bits per heavy atom. The number of thioether (sulfide) groups is 1. The molecule has 0 fully saturated rings. The summed E-state index contributed by atoms with van der Waals surface area (Å²) < 4.78 is 52.7. The van der Waals surface area contributed by atoms with E-state index in [1.165, 1.54) is 66.4 Å². The summed E-state index contributed by atoms with van der Waals surface area (Å²) in [6, 6.07) is 35.7. The first-order valence-electron chi connectivity index (χ1n) is 19.5. The topological polar surface area (TPSA) is 149 Å². The largest absolute Gasteiger partial charge is 0.390 e. The number of benzene rings is 6. The molecule has 0 unspecified atom stereocenters. The number of halogens is 2. The van der Waals surface area contributed by atoms with Gasteiger partial charge in [0.25, 0.3) is 23.6 Å². The van der Waals surface area contributed by atoms with Crippen LogP contribution < -0.4 is 0 Å². The molecular weight excluding hydrogens is 835 g/mol. The third kappa shape index (κ3) is 8.46. The number of imide groups is 2. The molecule has 0 aliphatic carbocycles. The molecule has 6 aromatic rings. The van der Waals surface area contributed by atoms with Gasteiger partial charge in [0.15, 0.2) is 9.84 Å². The molecular formula is C48H38F2N2O8S2. The van der Waals surface area contributed by atoms with Crippen molar-refractivity contribution in [2.45, 2.75) is 39.6 Å². The number of aliphatic hydroxyl groups is 2. The third-order valence-electron chi connectivity index (χ3n) is 11.1. The minimum absolute atomic E-state index is 0.0111. The van der Waals surface area contributed by atoms with Crippen molar-refractivity contribution in [1.29, 1.82) is 0 Å². The lowest BCUT2D eigenvalue weighted by Gasteiger charge is -2.27. The number of amides is 4. The lowest BCUT2D eigenvalue weighted by molar-refractivity contribution is 0.0514. The number of carbonyl (C=O) groups is 4. The molecule has 0 aromatic heterocycles. The second kappa shape index (κ2) is 17.2. The van der Waals surface area contributed by atoms with E-state index in [1.54, 1.807) is 72.8 Å². The van der Waals surface area contributed by atoms with Crippen LogP contribution in [0.15, 0.2) is 149 Å². The fraction of sp³-hybridized carbons (Fsp3) is 0.167. The molecule has 4 atom stereocenters. The van der Waals surface area contributed by atoms with Crippen molar-refractivity contribution >= 4 is 45.2 Å². The predicted octanol–water partition coefficient (Wildman–Crippen LogP) is 7.24. The van der Waals surface area contributed by atoms with E-state index in [0.717, 1.165) is 21.0 Å². The van der Waals surface area contributed by atoms with Gasteiger partial charge in [-0.1, -0.05) is 66.7 Å². The Balaban J connectivity index is 0.994. The average Bonchev–Trinajstić information content (AvgIpc) is 3.64. The monoisotopic (exact) mass is 872 g/mol. The van der Waals surface area contributed by atoms with Crippen LogP contribution >= 0.6 is 11.8 Å². The molecule has 4 amide bonds. The standard InChI is InChI=1S/C48H38F2N2O8S2/c1-62(59,60)36-9-5-7-32(24-36)44(30-15-19-34(50)20-16-30)42(54)26-52-47(57)39-21-12-28(22-40(39)48(52)58)27-61-35-8-4-6-31(23-35)43(29-13-17-33(49)18-14-29)41(53)25-51-45(55)37-10-2-3-11-38(37)46(51)56/h2-24,41-44,53-54H,25-27H2,1H3/t41-,42-,43-,44-/m0/s1. The normalized spacial score (nSPS) is 15.7. The van der Waals surface area contributed by atoms with E-state index in [-0.39, 0.29) is 33.7 Å². The van der Waals surface area contributed by atoms with Crippen molar-refractivity contribution in [3.63, 3.8) is 0 Å². The van der Waals surface area contributed by atoms with E-state index >= 15 is 0 Å². The smallest absolute Gasteiger partial charge is 0.261 e. The fourth-order valence-corrected chi connectivity index (χ4v) is 9.68. The highest BCUT2D eigenvalue weighted by atomic mass is 32.2. The zero-order valence-electron chi connectivity index (χ0n) is 33.0. The number of aliphatic hydroxyl groups excluding tert-OH is 2. The molecule has 2 aliphatic rings. The summed E-state index contributed by atoms with van der Waals surface area (Å²) in [5, 5.41) is 23.4. The Kier molecular flexibility index (Phi) is 11.8. The lowest BCUT2D eigenvalue weighted by atomic mass is 9.86. The van der Waals surface area contributed by atoms with E-state index in [4.69, 9.17) is 0 Å². The molecule has 8 rings (SSSR count). The second-order valence-electron chi connectivity index (χ2n) is 15.3. The molecule has 0 spiro atoms. The zero-order chi connectivity index (χ0) is 43.9. The quantitative estimate of drug-likeness (QED) is 0.0854. The van der Waals surface area contributed by atoms with Crippen molar-refractivity contribution < 1.29 is 46.6 Å². The van der Waals surface area contributed by atoms with Gasteiger partial charge in [-0.3, -0.25) is 29.0 Å². The van der Waals surface area contributed by atoms with Gasteiger partial charge in [0.2, 0.25) is 0 Å². The number of hydrogen-bond donors (Lipinski definition) is 2. The van der Waals surface area contributed by atoms with Gasteiger partial charge in [-0.05, 0) is 101 Å². The molecule has 10 nitrogen and oxygen atoms in total. The summed E-state index contributed by atoms with van der Waals surface area (Å²) in [4.78, 5) is 56.6. The molecule has 314 valence electrons. The molecule has 2 N–H and O–H groups in total. The fourth-order valence-electron chi connectivity index (χ4n) is 8.10. The molecule has 6 aromatic carbocycles. The van der Waals surface area contributed by atoms with Crippen molar-refractivity contribution in [2.24, 2.45) is 0 Å². The van der Waals surface area contributed by atoms with E-state index in [1.807, 2.05) is 12.1 Å². The number of fused-ring (bicyclic) bond motifs is 2. The Morgan fingerprint density at radius 2 is 1.00 bits per heavy atom. The van der Waals surface area contributed by atoms with Crippen molar-refractivity contribution in [3.8, 4) is 0 Å². The van der Waals surface area contributed by atoms with Gasteiger partial charge in [-0.2, -0.15) is 0 Å². The van der Waals surface area contributed by atoms with Crippen LogP contribution in [0, 0.1) is 11.6 Å². The van der Waals surface area contributed by atoms with Gasteiger partial charge in [0, 0.05) is 28.7 Å². The molecule has 62 heavy (non-hydrogen) atoms. The molecule has 2 heterocycles. The van der Waals surface area contributed by atoms with Crippen molar-refractivity contribution in [1.82, 2.24) is 9.80 Å². The minimum Gasteiger partial charge on any atom is -0.390 e. The van der Waals surface area contributed by atoms with Gasteiger partial charge < -0.3 is 10.2 Å². The van der Waals surface area contributed by atoms with E-state index in [0.29, 0.717) is 33.6 Å². The summed E-state index contributed by atoms with van der Waals surface area (Å²) in [5.41, 5.74) is 3.61. The van der Waals surface area contributed by atoms with Crippen LogP contribution in [-0.4, -0.2) is 83.6 Å². The van der Waals surface area contributed by atoms with E-state index in [9.17, 15) is 46.6 Å². The minimum atomic E-state index is -3.62. The van der Waals surface area contributed by atoms with Crippen LogP contribution in [0.3, 0.4) is 0 Å². The second-order valence-corrected chi connectivity index (χ2v) is 18.3. The maximum atomic E-state index is 14.0. The summed E-state index contributed by atoms with van der Waals surface area (Å²) in [6.45, 7) is -0.729. The number of nitrogens with zero attached hydrogens (tertiary/aromatic N) is 2. The van der Waals surface area contributed by atoms with Gasteiger partial charge in [0.1, 0.15) is 11.6 Å². The van der Waals surface area contributed by atoms with Crippen molar-refractivity contribution in [2.75, 3.05) is 19.3 Å². The number of carbonyl (C=O) groups excluding carboxylic acids is 4. The van der Waals surface area contributed by atoms with Crippen LogP contribution in [0.5, 0.6) is 0 Å². The Hall–Kier alpha value is -6.32. The predicted molar refractivity (Wildman–Crippen MR) is 228 cm³/mol. The van der Waals surface area contributed by atoms with Gasteiger partial charge in [-0.25, -0.2) is 17.2 Å². The van der Waals surface area contributed by atoms with Gasteiger partial charge in [-0.15, -0.1) is 11.8 Å². The van der Waals surface area contributed by atoms with Crippen LogP contribution in [-0.2, 0) is 15.6 Å². The maximum Gasteiger partial charge on any atom is 0.261 e. The molecule has 2 aliphatic heterocycles. The highest BCUT2D eigenvalue weighted by Gasteiger charge is 2.40. The third-order valence-corrected chi connectivity index (χ3v) is 13.3. The van der Waals surface area contributed by atoms with Crippen LogP contribution in [0.2, 0.25) is 0 Å².